The first kappa shape index (κ1) is 50.0. The number of ether oxygens (including phenoxy) is 7. The summed E-state index contributed by atoms with van der Waals surface area (Å²) in [7, 11) is 1.50. The number of ketones is 3. The number of amides is 1. The maximum absolute atomic E-state index is 14.9. The third-order valence-electron chi connectivity index (χ3n) is 14.0. The van der Waals surface area contributed by atoms with Crippen LogP contribution in [0.3, 0.4) is 0 Å². The number of aromatic nitrogens is 2. The highest BCUT2D eigenvalue weighted by Gasteiger charge is 2.53. The molecule has 2 aromatic carbocycles. The van der Waals surface area contributed by atoms with E-state index in [0.29, 0.717) is 6.54 Å². The molecule has 9 rings (SSSR count). The fourth-order valence-corrected chi connectivity index (χ4v) is 10.2. The van der Waals surface area contributed by atoms with Crippen LogP contribution >= 0.6 is 0 Å². The van der Waals surface area contributed by atoms with Crippen LogP contribution in [-0.2, 0) is 39.8 Å². The number of Topliss-reactive ketones (excluding diaryl/α,β-unsaturated/α-hetero) is 3. The van der Waals surface area contributed by atoms with Crippen molar-refractivity contribution in [2.24, 2.45) is 23.7 Å². The second-order valence-electron chi connectivity index (χ2n) is 19.4. The summed E-state index contributed by atoms with van der Waals surface area (Å²) in [6.45, 7) is 17.2. The molecule has 0 saturated carbocycles. The van der Waals surface area contributed by atoms with E-state index >= 15 is 0 Å². The molecule has 372 valence electrons. The van der Waals surface area contributed by atoms with Gasteiger partial charge >= 0.3 is 11.9 Å². The van der Waals surface area contributed by atoms with Crippen molar-refractivity contribution in [2.45, 2.75) is 105 Å². The Morgan fingerprint density at radius 3 is 2.30 bits per heavy atom. The molecule has 0 radical (unpaired) electrons. The highest BCUT2D eigenvalue weighted by molar-refractivity contribution is 6.32. The molecule has 9 atom stereocenters. The largest absolute Gasteiger partial charge is 0.872 e. The van der Waals surface area contributed by atoms with Crippen molar-refractivity contribution in [3.8, 4) is 11.5 Å². The summed E-state index contributed by atoms with van der Waals surface area (Å²) < 4.78 is 46.9. The van der Waals surface area contributed by atoms with Crippen LogP contribution in [0, 0.1) is 30.6 Å². The Bertz CT molecular complexity index is 2700. The molecular formula is C53H62N4O13. The molecule has 1 N–H and O–H groups in total. The molecule has 1 aliphatic carbocycles. The van der Waals surface area contributed by atoms with Crippen LogP contribution < -0.4 is 19.7 Å². The van der Waals surface area contributed by atoms with Crippen molar-refractivity contribution < 1.29 is 66.8 Å². The molecule has 0 unspecified atom stereocenters. The predicted octanol–water partition coefficient (Wildman–Crippen LogP) is 5.72. The Labute approximate surface area is 407 Å². The third kappa shape index (κ3) is 9.46. The van der Waals surface area contributed by atoms with Gasteiger partial charge in [0.15, 0.2) is 5.79 Å². The molecule has 3 aromatic rings. The average Bonchev–Trinajstić information content (AvgIpc) is 3.91. The lowest BCUT2D eigenvalue weighted by Gasteiger charge is -2.50. The van der Waals surface area contributed by atoms with Gasteiger partial charge in [-0.3, -0.25) is 19.2 Å². The summed E-state index contributed by atoms with van der Waals surface area (Å²) in [6.07, 6.45) is 9.92. The Morgan fingerprint density at radius 1 is 0.900 bits per heavy atom. The first-order valence-electron chi connectivity index (χ1n) is 23.7. The van der Waals surface area contributed by atoms with Crippen molar-refractivity contribution in [3.63, 3.8) is 0 Å². The van der Waals surface area contributed by atoms with E-state index in [1.165, 1.54) is 31.8 Å². The van der Waals surface area contributed by atoms with Gasteiger partial charge in [0.25, 0.3) is 18.0 Å². The quantitative estimate of drug-likeness (QED) is 0.305. The zero-order chi connectivity index (χ0) is 50.4. The minimum atomic E-state index is -2.11. The monoisotopic (exact) mass is 962 g/mol. The van der Waals surface area contributed by atoms with Gasteiger partial charge < -0.3 is 48.5 Å². The second-order valence-corrected chi connectivity index (χ2v) is 19.4. The number of carbonyl (C=O) groups is 5. The van der Waals surface area contributed by atoms with E-state index in [1.807, 2.05) is 82.5 Å². The van der Waals surface area contributed by atoms with Crippen molar-refractivity contribution in [3.05, 3.63) is 124 Å². The Balaban J connectivity index is 1.20. The molecule has 0 spiro atoms. The molecule has 17 heteroatoms. The molecule has 2 saturated heterocycles. The minimum absolute atomic E-state index is 0.0926. The zero-order valence-electron chi connectivity index (χ0n) is 41.3. The van der Waals surface area contributed by atoms with Crippen LogP contribution in [0.2, 0.25) is 0 Å². The van der Waals surface area contributed by atoms with E-state index in [-0.39, 0.29) is 72.0 Å². The Morgan fingerprint density at radius 2 is 1.60 bits per heavy atom. The Hall–Kier alpha value is -6.40. The number of fused-ring (bicyclic) bond motifs is 10. The van der Waals surface area contributed by atoms with Gasteiger partial charge in [-0.2, -0.15) is 4.79 Å². The van der Waals surface area contributed by atoms with E-state index in [1.54, 1.807) is 48.8 Å². The second kappa shape index (κ2) is 19.8. The van der Waals surface area contributed by atoms with Gasteiger partial charge in [-0.25, -0.2) is 4.57 Å². The van der Waals surface area contributed by atoms with Crippen LogP contribution in [0.25, 0.3) is 0 Å². The number of methoxy groups -OCH3 is 1. The summed E-state index contributed by atoms with van der Waals surface area (Å²) in [5.41, 5.74) is -0.620. The molecule has 6 heterocycles. The number of hydrogen-bond donors (Lipinski definition) is 1. The van der Waals surface area contributed by atoms with Crippen LogP contribution in [0.15, 0.2) is 96.6 Å². The van der Waals surface area contributed by atoms with Crippen LogP contribution in [-0.4, -0.2) is 108 Å². The standard InChI is InChI=1S/C53H62N4O13/c1-29-15-14-16-30(2)50(62)54-40-41(56-22-25-65-26-23-56)44(60)37-38(43(40)59)42(58)32(4)48-39(37)49(61)53(9,70-48)66-24-19-36(64-10)31(3)46(34(6)47-33(5)45(29)68-52(7,8)69-47)67-51(63)57-21-20-55(28-57)27-35-17-12-11-13-18-35/h11-21,24,28-29,31,33-34,36,45-47H,22-23,25-27H2,1-10H3,(H-,54,58,59,60,61,62)/b15-14+,24-19+,30-16+/t29-,31+,33-,34+,36-,45+,46+,47-,53+/m1/s1. The molecule has 2 fully saturated rings. The van der Waals surface area contributed by atoms with E-state index < -0.39 is 94.1 Å². The first-order valence-corrected chi connectivity index (χ1v) is 23.7. The predicted molar refractivity (Wildman–Crippen MR) is 250 cm³/mol. The molecule has 1 aromatic heterocycles. The number of rotatable bonds is 5. The highest BCUT2D eigenvalue weighted by Crippen LogP contribution is 2.48. The molecule has 1 amide bonds. The highest BCUT2D eigenvalue weighted by atomic mass is 16.7. The number of benzene rings is 2. The van der Waals surface area contributed by atoms with Gasteiger partial charge in [-0.05, 0) is 44.9 Å². The van der Waals surface area contributed by atoms with E-state index in [9.17, 15) is 29.1 Å². The third-order valence-corrected chi connectivity index (χ3v) is 14.0. The smallest absolute Gasteiger partial charge is 0.511 e. The minimum Gasteiger partial charge on any atom is -0.872 e. The van der Waals surface area contributed by atoms with E-state index in [4.69, 9.17) is 33.2 Å². The Kier molecular flexibility index (Phi) is 14.1. The van der Waals surface area contributed by atoms with Gasteiger partial charge in [-0.15, -0.1) is 4.57 Å². The molecule has 17 nitrogen and oxygen atoms in total. The van der Waals surface area contributed by atoms with Gasteiger partial charge in [0.05, 0.1) is 43.4 Å². The van der Waals surface area contributed by atoms with Crippen LogP contribution in [0.5, 0.6) is 11.5 Å². The van der Waals surface area contributed by atoms with Crippen molar-refractivity contribution in [2.75, 3.05) is 33.4 Å². The first-order chi connectivity index (χ1) is 33.2. The van der Waals surface area contributed by atoms with Crippen molar-refractivity contribution in [1.82, 2.24) is 14.8 Å². The summed E-state index contributed by atoms with van der Waals surface area (Å²) in [6, 6.07) is 9.85. The molecular weight excluding hydrogens is 901 g/mol. The van der Waals surface area contributed by atoms with Gasteiger partial charge in [0, 0.05) is 67.5 Å². The summed E-state index contributed by atoms with van der Waals surface area (Å²) >= 11 is 0. The summed E-state index contributed by atoms with van der Waals surface area (Å²) in [5.74, 6) is -8.95. The lowest BCUT2D eigenvalue weighted by molar-refractivity contribution is -0.687. The average molecular weight is 963 g/mol. The normalized spacial score (nSPS) is 31.0. The number of imidazole rings is 1. The summed E-state index contributed by atoms with van der Waals surface area (Å²) in [5, 5.41) is 16.8. The number of hydrogen-bond acceptors (Lipinski definition) is 14. The fourth-order valence-electron chi connectivity index (χ4n) is 10.2. The molecule has 5 aliphatic heterocycles. The fraction of sp³-hybridized carbons (Fsp3) is 0.472. The lowest BCUT2D eigenvalue weighted by Crippen LogP contribution is -2.56. The SMILES string of the molecule is CO[C@@H]1/C=C/O[C@@]2(C)Oc3c(C)c([O-])c4c(c3C2=O)C(=O)C(N2CCOCC2)=C(NC(=O)/C(C)=C/C=C/[C@@H](C)[C@@H]2OC(C)(C)O[C@@H]([C@@H](C)[C@@H](OC(=O)n3cc[n+](Cc5ccccc5)c3)[C@H]1C)[C@@H]2C)C4=O. The topological polar surface area (TPSA) is 197 Å². The number of allylic oxidation sites excluding steroid dienone is 4. The van der Waals surface area contributed by atoms with Crippen molar-refractivity contribution in [1.29, 1.82) is 0 Å². The lowest BCUT2D eigenvalue weighted by atomic mass is 9.77. The van der Waals surface area contributed by atoms with Gasteiger partial charge in [0.2, 0.25) is 11.6 Å². The van der Waals surface area contributed by atoms with Gasteiger partial charge in [-0.1, -0.05) is 82.0 Å². The number of nitrogens with zero attached hydrogens (tertiary/aromatic N) is 3. The van der Waals surface area contributed by atoms with Crippen molar-refractivity contribution >= 4 is 29.4 Å². The number of nitrogens with one attached hydrogen (secondary N) is 1. The summed E-state index contributed by atoms with van der Waals surface area (Å²) in [4.78, 5) is 74.0. The van der Waals surface area contributed by atoms with Crippen LogP contribution in [0.4, 0.5) is 4.79 Å². The molecule has 7 bridgehead atoms. The van der Waals surface area contributed by atoms with Gasteiger partial charge in [0.1, 0.15) is 42.2 Å². The number of morpholine rings is 1. The molecule has 6 aliphatic rings. The van der Waals surface area contributed by atoms with E-state index in [0.717, 1.165) is 5.56 Å². The molecule has 70 heavy (non-hydrogen) atoms. The maximum atomic E-state index is 14.9. The van der Waals surface area contributed by atoms with Crippen LogP contribution in [0.1, 0.15) is 97.6 Å². The maximum Gasteiger partial charge on any atom is 0.511 e. The zero-order valence-corrected chi connectivity index (χ0v) is 41.3. The van der Waals surface area contributed by atoms with E-state index in [2.05, 4.69) is 5.32 Å². The number of carbonyl (C=O) groups excluding carboxylic acids is 5.